The largest absolute Gasteiger partial charge is 0.454 e. The second-order valence-corrected chi connectivity index (χ2v) is 9.61. The molecule has 0 saturated carbocycles. The number of anilines is 1. The molecule has 1 aliphatic rings. The Kier molecular flexibility index (Phi) is 6.82. The average molecular weight is 399 g/mol. The van der Waals surface area contributed by atoms with E-state index in [1.807, 2.05) is 0 Å². The topological polar surface area (TPSA) is 107 Å². The van der Waals surface area contributed by atoms with Gasteiger partial charge in [-0.15, -0.1) is 11.8 Å². The van der Waals surface area contributed by atoms with Crippen LogP contribution in [-0.2, 0) is 24.2 Å². The number of Topliss-reactive ketones (excluding diaryl/α,β-unsaturated/α-hetero) is 1. The zero-order valence-corrected chi connectivity index (χ0v) is 16.2. The van der Waals surface area contributed by atoms with E-state index in [1.54, 1.807) is 24.3 Å². The minimum Gasteiger partial charge on any atom is -0.454 e. The minimum absolute atomic E-state index is 0.0132. The van der Waals surface area contributed by atoms with Crippen molar-refractivity contribution in [2.75, 3.05) is 22.6 Å². The molecule has 0 radical (unpaired) electrons. The van der Waals surface area contributed by atoms with E-state index in [-0.39, 0.29) is 34.2 Å². The first-order chi connectivity index (χ1) is 12.2. The Balaban J connectivity index is 1.82. The van der Waals surface area contributed by atoms with Crippen LogP contribution in [0.5, 0.6) is 0 Å². The van der Waals surface area contributed by atoms with Gasteiger partial charge < -0.3 is 10.1 Å². The zero-order chi connectivity index (χ0) is 19.3. The molecule has 0 aliphatic carbocycles. The molecule has 2 atom stereocenters. The van der Waals surface area contributed by atoms with Gasteiger partial charge in [0.25, 0.3) is 0 Å². The van der Waals surface area contributed by atoms with E-state index in [0.29, 0.717) is 17.7 Å². The van der Waals surface area contributed by atoms with Gasteiger partial charge in [0.15, 0.2) is 15.9 Å². The first kappa shape index (κ1) is 20.4. The maximum absolute atomic E-state index is 12.3. The fourth-order valence-corrected chi connectivity index (χ4v) is 5.94. The highest BCUT2D eigenvalue weighted by atomic mass is 32.2. The Labute approximate surface area is 156 Å². The molecular weight excluding hydrogens is 378 g/mol. The molecule has 1 aromatic rings. The van der Waals surface area contributed by atoms with Gasteiger partial charge in [-0.1, -0.05) is 0 Å². The fourth-order valence-electron chi connectivity index (χ4n) is 2.52. The highest BCUT2D eigenvalue weighted by Crippen LogP contribution is 2.24. The summed E-state index contributed by atoms with van der Waals surface area (Å²) in [7, 11) is -2.98. The van der Waals surface area contributed by atoms with E-state index in [4.69, 9.17) is 4.74 Å². The molecule has 142 valence electrons. The lowest BCUT2D eigenvalue weighted by Crippen LogP contribution is -2.25. The van der Waals surface area contributed by atoms with Crippen molar-refractivity contribution in [3.05, 3.63) is 29.8 Å². The summed E-state index contributed by atoms with van der Waals surface area (Å²) in [6.07, 6.45) is -0.405. The molecule has 0 bridgehead atoms. The van der Waals surface area contributed by atoms with Crippen molar-refractivity contribution in [2.24, 2.45) is 0 Å². The van der Waals surface area contributed by atoms with Crippen LogP contribution in [0.15, 0.2) is 24.3 Å². The van der Waals surface area contributed by atoms with Crippen molar-refractivity contribution in [1.82, 2.24) is 0 Å². The second-order valence-electron chi connectivity index (χ2n) is 6.09. The summed E-state index contributed by atoms with van der Waals surface area (Å²) in [5.41, 5.74) is 0.940. The van der Waals surface area contributed by atoms with Crippen molar-refractivity contribution in [1.29, 1.82) is 0 Å². The quantitative estimate of drug-likeness (QED) is 0.549. The van der Waals surface area contributed by atoms with Gasteiger partial charge in [0.05, 0.1) is 17.3 Å². The SMILES string of the molecule is CC(=O)Nc1ccc(C(=O)[C@@H](C)OC(=O)CS[C@@H]2CCS(=O)(=O)C2)cc1. The van der Waals surface area contributed by atoms with Gasteiger partial charge in [0.1, 0.15) is 0 Å². The Morgan fingerprint density at radius 1 is 1.27 bits per heavy atom. The lowest BCUT2D eigenvalue weighted by molar-refractivity contribution is -0.143. The van der Waals surface area contributed by atoms with Crippen LogP contribution in [0, 0.1) is 0 Å². The van der Waals surface area contributed by atoms with E-state index in [0.717, 1.165) is 0 Å². The predicted octanol–water partition coefficient (Wildman–Crippen LogP) is 1.68. The Bertz CT molecular complexity index is 788. The van der Waals surface area contributed by atoms with E-state index < -0.39 is 21.9 Å². The number of amides is 1. The molecular formula is C17H21NO6S2. The molecule has 1 amide bonds. The summed E-state index contributed by atoms with van der Waals surface area (Å²) in [6.45, 7) is 2.88. The molecule has 0 unspecified atom stereocenters. The third kappa shape index (κ3) is 6.14. The number of hydrogen-bond donors (Lipinski definition) is 1. The van der Waals surface area contributed by atoms with Crippen LogP contribution in [0.3, 0.4) is 0 Å². The molecule has 0 spiro atoms. The van der Waals surface area contributed by atoms with E-state index in [2.05, 4.69) is 5.32 Å². The fraction of sp³-hybridized carbons (Fsp3) is 0.471. The number of sulfone groups is 1. The average Bonchev–Trinajstić information content (AvgIpc) is 2.91. The monoisotopic (exact) mass is 399 g/mol. The van der Waals surface area contributed by atoms with Gasteiger partial charge >= 0.3 is 5.97 Å². The van der Waals surface area contributed by atoms with Crippen LogP contribution < -0.4 is 5.32 Å². The smallest absolute Gasteiger partial charge is 0.316 e. The molecule has 7 nitrogen and oxygen atoms in total. The molecule has 1 aliphatic heterocycles. The van der Waals surface area contributed by atoms with E-state index >= 15 is 0 Å². The van der Waals surface area contributed by atoms with E-state index in [1.165, 1.54) is 25.6 Å². The molecule has 1 heterocycles. The summed E-state index contributed by atoms with van der Waals surface area (Å²) < 4.78 is 27.9. The van der Waals surface area contributed by atoms with Crippen LogP contribution in [0.4, 0.5) is 5.69 Å². The molecule has 1 aromatic carbocycles. The van der Waals surface area contributed by atoms with E-state index in [9.17, 15) is 22.8 Å². The Morgan fingerprint density at radius 3 is 2.46 bits per heavy atom. The number of esters is 1. The molecule has 1 N–H and O–H groups in total. The predicted molar refractivity (Wildman–Crippen MR) is 100 cm³/mol. The molecule has 9 heteroatoms. The first-order valence-electron chi connectivity index (χ1n) is 8.09. The lowest BCUT2D eigenvalue weighted by Gasteiger charge is -2.13. The summed E-state index contributed by atoms with van der Waals surface area (Å²) in [4.78, 5) is 35.2. The highest BCUT2D eigenvalue weighted by Gasteiger charge is 2.29. The molecule has 0 aromatic heterocycles. The molecule has 1 saturated heterocycles. The molecule has 2 rings (SSSR count). The summed E-state index contributed by atoms with van der Waals surface area (Å²) >= 11 is 1.25. The zero-order valence-electron chi connectivity index (χ0n) is 14.6. The number of benzene rings is 1. The third-order valence-corrected chi connectivity index (χ3v) is 7.05. The van der Waals surface area contributed by atoms with Gasteiger partial charge in [-0.2, -0.15) is 0 Å². The Morgan fingerprint density at radius 2 is 1.92 bits per heavy atom. The van der Waals surface area contributed by atoms with Crippen LogP contribution in [0.2, 0.25) is 0 Å². The lowest BCUT2D eigenvalue weighted by atomic mass is 10.1. The number of ketones is 1. The Hall–Kier alpha value is -1.87. The third-order valence-electron chi connectivity index (χ3n) is 3.79. The van der Waals surface area contributed by atoms with Crippen LogP contribution >= 0.6 is 11.8 Å². The van der Waals surface area contributed by atoms with Gasteiger partial charge in [-0.3, -0.25) is 14.4 Å². The van der Waals surface area contributed by atoms with Crippen molar-refractivity contribution in [2.45, 2.75) is 31.6 Å². The second kappa shape index (κ2) is 8.68. The summed E-state index contributed by atoms with van der Waals surface area (Å²) in [5.74, 6) is -0.849. The molecule has 26 heavy (non-hydrogen) atoms. The van der Waals surface area contributed by atoms with Crippen molar-refractivity contribution in [3.63, 3.8) is 0 Å². The number of rotatable bonds is 7. The van der Waals surface area contributed by atoms with Gasteiger partial charge in [0, 0.05) is 23.4 Å². The normalized spacial score (nSPS) is 19.5. The van der Waals surface area contributed by atoms with Crippen molar-refractivity contribution >= 4 is 44.9 Å². The van der Waals surface area contributed by atoms with Crippen LogP contribution in [-0.4, -0.2) is 54.7 Å². The van der Waals surface area contributed by atoms with Gasteiger partial charge in [-0.25, -0.2) is 8.42 Å². The van der Waals surface area contributed by atoms with Gasteiger partial charge in [0.2, 0.25) is 11.7 Å². The molecule has 1 fully saturated rings. The van der Waals surface area contributed by atoms with Crippen LogP contribution in [0.1, 0.15) is 30.6 Å². The minimum atomic E-state index is -2.98. The van der Waals surface area contributed by atoms with Crippen LogP contribution in [0.25, 0.3) is 0 Å². The summed E-state index contributed by atoms with van der Waals surface area (Å²) in [5, 5.41) is 2.50. The maximum atomic E-state index is 12.3. The number of carbonyl (C=O) groups is 3. The number of carbonyl (C=O) groups excluding carboxylic acids is 3. The number of ether oxygens (including phenoxy) is 1. The van der Waals surface area contributed by atoms with Gasteiger partial charge in [-0.05, 0) is 37.6 Å². The first-order valence-corrected chi connectivity index (χ1v) is 11.0. The number of hydrogen-bond acceptors (Lipinski definition) is 7. The summed E-state index contributed by atoms with van der Waals surface area (Å²) in [6, 6.07) is 6.30. The van der Waals surface area contributed by atoms with Crippen molar-refractivity contribution < 1.29 is 27.5 Å². The number of thioether (sulfide) groups is 1. The maximum Gasteiger partial charge on any atom is 0.316 e. The number of nitrogens with one attached hydrogen (secondary N) is 1. The van der Waals surface area contributed by atoms with Crippen molar-refractivity contribution in [3.8, 4) is 0 Å². The highest BCUT2D eigenvalue weighted by molar-refractivity contribution is 8.02. The standard InChI is InChI=1S/C17H21NO6S2/c1-11(17(21)13-3-5-14(6-4-13)18-12(2)19)24-16(20)9-25-15-7-8-26(22,23)10-15/h3-6,11,15H,7-10H2,1-2H3,(H,18,19)/t11-,15-/m1/s1.